The molecule has 104 valence electrons. The molecule has 4 nitrogen and oxygen atoms in total. The maximum atomic E-state index is 12.2. The lowest BCUT2D eigenvalue weighted by Crippen LogP contribution is -2.36. The fourth-order valence-electron chi connectivity index (χ4n) is 2.54. The minimum atomic E-state index is -0.267. The van der Waals surface area contributed by atoms with E-state index in [2.05, 4.69) is 34.7 Å². The van der Waals surface area contributed by atoms with Crippen LogP contribution in [-0.2, 0) is 10.2 Å². The summed E-state index contributed by atoms with van der Waals surface area (Å²) < 4.78 is 1.68. The predicted molar refractivity (Wildman–Crippen MR) is 77.3 cm³/mol. The predicted octanol–water partition coefficient (Wildman–Crippen LogP) is 2.29. The number of carbonyl (C=O) groups is 1. The first-order valence-corrected chi connectivity index (χ1v) is 7.04. The van der Waals surface area contributed by atoms with Crippen molar-refractivity contribution in [2.45, 2.75) is 31.2 Å². The summed E-state index contributed by atoms with van der Waals surface area (Å²) in [6, 6.07) is 12.0. The van der Waals surface area contributed by atoms with Crippen LogP contribution in [0.1, 0.15) is 31.4 Å². The molecule has 0 aliphatic heterocycles. The number of amides is 1. The van der Waals surface area contributed by atoms with Gasteiger partial charge in [-0.1, -0.05) is 30.3 Å². The lowest BCUT2D eigenvalue weighted by molar-refractivity contribution is -0.124. The summed E-state index contributed by atoms with van der Waals surface area (Å²) in [5, 5.41) is 7.18. The number of aromatic nitrogens is 2. The molecule has 1 unspecified atom stereocenters. The average molecular weight is 269 g/mol. The molecule has 1 aromatic heterocycles. The van der Waals surface area contributed by atoms with Crippen molar-refractivity contribution in [3.05, 3.63) is 54.4 Å². The minimum absolute atomic E-state index is 0.0240. The Morgan fingerprint density at radius 2 is 2.10 bits per heavy atom. The Morgan fingerprint density at radius 3 is 2.70 bits per heavy atom. The number of benzene rings is 1. The molecular formula is C16H19N3O. The fourth-order valence-corrected chi connectivity index (χ4v) is 2.54. The van der Waals surface area contributed by atoms with Crippen molar-refractivity contribution in [1.82, 2.24) is 15.1 Å². The topological polar surface area (TPSA) is 46.9 Å². The van der Waals surface area contributed by atoms with Crippen LogP contribution in [0.25, 0.3) is 0 Å². The highest BCUT2D eigenvalue weighted by molar-refractivity contribution is 5.79. The van der Waals surface area contributed by atoms with Crippen molar-refractivity contribution >= 4 is 5.91 Å². The van der Waals surface area contributed by atoms with E-state index in [1.54, 1.807) is 10.9 Å². The molecule has 1 heterocycles. The molecule has 0 spiro atoms. The first-order chi connectivity index (χ1) is 9.71. The van der Waals surface area contributed by atoms with Gasteiger partial charge in [0.1, 0.15) is 6.04 Å². The van der Waals surface area contributed by atoms with E-state index < -0.39 is 0 Å². The van der Waals surface area contributed by atoms with Crippen LogP contribution in [0.5, 0.6) is 0 Å². The zero-order valence-corrected chi connectivity index (χ0v) is 11.6. The Hall–Kier alpha value is -2.10. The molecule has 0 saturated heterocycles. The normalized spacial score (nSPS) is 17.4. The standard InChI is InChI=1S/C16H19N3O/c1-13(19-11-5-10-18-19)15(20)17-12-16(8-9-16)14-6-3-2-4-7-14/h2-7,10-11,13H,8-9,12H2,1H3,(H,17,20). The summed E-state index contributed by atoms with van der Waals surface area (Å²) in [7, 11) is 0. The molecule has 1 atom stereocenters. The van der Waals surface area contributed by atoms with Gasteiger partial charge in [-0.2, -0.15) is 5.10 Å². The van der Waals surface area contributed by atoms with Crippen LogP contribution in [0.2, 0.25) is 0 Å². The third kappa shape index (κ3) is 2.46. The lowest BCUT2D eigenvalue weighted by atomic mass is 9.96. The summed E-state index contributed by atoms with van der Waals surface area (Å²) >= 11 is 0. The molecule has 20 heavy (non-hydrogen) atoms. The zero-order chi connectivity index (χ0) is 14.0. The number of carbonyl (C=O) groups excluding carboxylic acids is 1. The maximum Gasteiger partial charge on any atom is 0.244 e. The Morgan fingerprint density at radius 1 is 1.35 bits per heavy atom. The van der Waals surface area contributed by atoms with Gasteiger partial charge < -0.3 is 5.32 Å². The SMILES string of the molecule is CC(C(=O)NCC1(c2ccccc2)CC1)n1cccn1. The van der Waals surface area contributed by atoms with Gasteiger partial charge in [0, 0.05) is 24.4 Å². The van der Waals surface area contributed by atoms with E-state index in [4.69, 9.17) is 0 Å². The summed E-state index contributed by atoms with van der Waals surface area (Å²) in [5.41, 5.74) is 1.48. The van der Waals surface area contributed by atoms with E-state index in [1.165, 1.54) is 5.56 Å². The van der Waals surface area contributed by atoms with Crippen LogP contribution in [0.15, 0.2) is 48.8 Å². The van der Waals surface area contributed by atoms with Crippen LogP contribution in [0.4, 0.5) is 0 Å². The van der Waals surface area contributed by atoms with Gasteiger partial charge >= 0.3 is 0 Å². The molecule has 1 aliphatic carbocycles. The highest BCUT2D eigenvalue weighted by Crippen LogP contribution is 2.47. The second kappa shape index (κ2) is 5.12. The van der Waals surface area contributed by atoms with Crippen molar-refractivity contribution in [2.75, 3.05) is 6.54 Å². The number of nitrogens with one attached hydrogen (secondary N) is 1. The largest absolute Gasteiger partial charge is 0.353 e. The minimum Gasteiger partial charge on any atom is -0.353 e. The molecule has 0 bridgehead atoms. The van der Waals surface area contributed by atoms with Crippen molar-refractivity contribution in [3.63, 3.8) is 0 Å². The third-order valence-corrected chi connectivity index (χ3v) is 4.14. The zero-order valence-electron chi connectivity index (χ0n) is 11.6. The number of rotatable bonds is 5. The highest BCUT2D eigenvalue weighted by Gasteiger charge is 2.44. The van der Waals surface area contributed by atoms with E-state index in [0.717, 1.165) is 12.8 Å². The molecule has 1 amide bonds. The van der Waals surface area contributed by atoms with Gasteiger partial charge in [-0.05, 0) is 31.4 Å². The summed E-state index contributed by atoms with van der Waals surface area (Å²) in [5.74, 6) is 0.0240. The van der Waals surface area contributed by atoms with Crippen molar-refractivity contribution in [1.29, 1.82) is 0 Å². The number of hydrogen-bond acceptors (Lipinski definition) is 2. The average Bonchev–Trinajstić information content (AvgIpc) is 3.09. The molecule has 1 saturated carbocycles. The summed E-state index contributed by atoms with van der Waals surface area (Å²) in [6.45, 7) is 2.58. The van der Waals surface area contributed by atoms with Crippen LogP contribution >= 0.6 is 0 Å². The van der Waals surface area contributed by atoms with Gasteiger partial charge in [-0.3, -0.25) is 9.48 Å². The van der Waals surface area contributed by atoms with Crippen molar-refractivity contribution < 1.29 is 4.79 Å². The number of nitrogens with zero attached hydrogens (tertiary/aromatic N) is 2. The Balaban J connectivity index is 1.61. The van der Waals surface area contributed by atoms with E-state index in [1.807, 2.05) is 25.3 Å². The lowest BCUT2D eigenvalue weighted by Gasteiger charge is -2.19. The summed E-state index contributed by atoms with van der Waals surface area (Å²) in [6.07, 6.45) is 5.80. The second-order valence-corrected chi connectivity index (χ2v) is 5.53. The van der Waals surface area contributed by atoms with Crippen LogP contribution in [-0.4, -0.2) is 22.2 Å². The van der Waals surface area contributed by atoms with Crippen LogP contribution < -0.4 is 5.32 Å². The van der Waals surface area contributed by atoms with E-state index in [0.29, 0.717) is 6.54 Å². The molecule has 2 aromatic rings. The Labute approximate surface area is 118 Å². The molecular weight excluding hydrogens is 250 g/mol. The second-order valence-electron chi connectivity index (χ2n) is 5.53. The monoisotopic (exact) mass is 269 g/mol. The summed E-state index contributed by atoms with van der Waals surface area (Å²) in [4.78, 5) is 12.2. The molecule has 0 radical (unpaired) electrons. The van der Waals surface area contributed by atoms with E-state index in [-0.39, 0.29) is 17.4 Å². The molecule has 1 N–H and O–H groups in total. The number of hydrogen-bond donors (Lipinski definition) is 1. The Kier molecular flexibility index (Phi) is 3.30. The van der Waals surface area contributed by atoms with Gasteiger partial charge in [0.05, 0.1) is 0 Å². The molecule has 1 aliphatic rings. The highest BCUT2D eigenvalue weighted by atomic mass is 16.2. The van der Waals surface area contributed by atoms with E-state index in [9.17, 15) is 4.79 Å². The quantitative estimate of drug-likeness (QED) is 0.905. The van der Waals surface area contributed by atoms with Crippen molar-refractivity contribution in [3.8, 4) is 0 Å². The molecule has 4 heteroatoms. The molecule has 1 fully saturated rings. The first-order valence-electron chi connectivity index (χ1n) is 7.04. The Bertz CT molecular complexity index is 573. The van der Waals surface area contributed by atoms with E-state index >= 15 is 0 Å². The third-order valence-electron chi connectivity index (χ3n) is 4.14. The van der Waals surface area contributed by atoms with Crippen molar-refractivity contribution in [2.24, 2.45) is 0 Å². The molecule has 3 rings (SSSR count). The first kappa shape index (κ1) is 12.9. The van der Waals surface area contributed by atoms with Gasteiger partial charge in [-0.15, -0.1) is 0 Å². The maximum absolute atomic E-state index is 12.2. The van der Waals surface area contributed by atoms with Gasteiger partial charge in [-0.25, -0.2) is 0 Å². The molecule has 1 aromatic carbocycles. The van der Waals surface area contributed by atoms with Gasteiger partial charge in [0.2, 0.25) is 5.91 Å². The van der Waals surface area contributed by atoms with Crippen LogP contribution in [0, 0.1) is 0 Å². The smallest absolute Gasteiger partial charge is 0.244 e. The van der Waals surface area contributed by atoms with Gasteiger partial charge in [0.25, 0.3) is 0 Å². The van der Waals surface area contributed by atoms with Gasteiger partial charge in [0.15, 0.2) is 0 Å². The fraction of sp³-hybridized carbons (Fsp3) is 0.375. The van der Waals surface area contributed by atoms with Crippen LogP contribution in [0.3, 0.4) is 0 Å².